The predicted molar refractivity (Wildman–Crippen MR) is 152 cm³/mol. The number of nitrogens with zero attached hydrogens (tertiary/aromatic N) is 3. The number of fused-ring (bicyclic) bond motifs is 1. The summed E-state index contributed by atoms with van der Waals surface area (Å²) in [5.74, 6) is 0.597. The highest BCUT2D eigenvalue weighted by atomic mass is 19.1. The quantitative estimate of drug-likeness (QED) is 0.403. The van der Waals surface area contributed by atoms with Crippen LogP contribution in [0.1, 0.15) is 74.1 Å². The summed E-state index contributed by atoms with van der Waals surface area (Å²) in [7, 11) is 0. The van der Waals surface area contributed by atoms with Crippen LogP contribution in [0.25, 0.3) is 10.9 Å². The Kier molecular flexibility index (Phi) is 27.1. The number of allylic oxidation sites excluding steroid dienone is 1. The maximum Gasteiger partial charge on any atom is 0.219 e. The number of aromatic nitrogens is 2. The summed E-state index contributed by atoms with van der Waals surface area (Å²) in [6, 6.07) is 4.93. The van der Waals surface area contributed by atoms with E-state index < -0.39 is 0 Å². The third kappa shape index (κ3) is 18.2. The summed E-state index contributed by atoms with van der Waals surface area (Å²) in [5.41, 5.74) is 6.76. The maximum absolute atomic E-state index is 13.9. The molecular weight excluding hydrogens is 441 g/mol. The van der Waals surface area contributed by atoms with Crippen molar-refractivity contribution in [3.05, 3.63) is 55.7 Å². The van der Waals surface area contributed by atoms with Crippen molar-refractivity contribution in [2.45, 2.75) is 74.1 Å². The zero-order chi connectivity index (χ0) is 27.6. The van der Waals surface area contributed by atoms with Gasteiger partial charge in [0.25, 0.3) is 0 Å². The molecule has 0 aliphatic carbocycles. The molecule has 1 aromatic heterocycles. The summed E-state index contributed by atoms with van der Waals surface area (Å²) >= 11 is 0. The highest BCUT2D eigenvalue weighted by molar-refractivity contribution is 5.89. The molecule has 1 heterocycles. The van der Waals surface area contributed by atoms with E-state index >= 15 is 0 Å². The van der Waals surface area contributed by atoms with Gasteiger partial charge in [-0.3, -0.25) is 4.79 Å². The Balaban J connectivity index is -0.000000475. The van der Waals surface area contributed by atoms with Crippen molar-refractivity contribution >= 4 is 22.6 Å². The van der Waals surface area contributed by atoms with Crippen molar-refractivity contribution in [3.8, 4) is 0 Å². The van der Waals surface area contributed by atoms with Gasteiger partial charge >= 0.3 is 0 Å². The zero-order valence-corrected chi connectivity index (χ0v) is 23.3. The van der Waals surface area contributed by atoms with Gasteiger partial charge in [-0.05, 0) is 58.7 Å². The minimum atomic E-state index is -0.257. The molecule has 200 valence electrons. The number of carbonyl (C=O) groups excluding carboxylic acids is 1. The standard InChI is InChI=1S/C13H16FN3.C6H13NO.C5H10.C2H7N.C2H4/c1-3-8-17(4-2)13-12-10(14)6-5-7-11(12)15-9-16-13;1-3-5-6(8)7-4-2;1-4-5(2)3;1-2-3;1-2/h5-7,9H,3-4,8H2,1-2H3;3-5H2,1-2H3,(H,7,8);2,4H2,1,3H3;2-3H2,1H3;1-2H2. The molecule has 0 aliphatic heterocycles. The van der Waals surface area contributed by atoms with E-state index in [0.717, 1.165) is 45.4 Å². The summed E-state index contributed by atoms with van der Waals surface area (Å²) in [6.45, 7) is 27.0. The van der Waals surface area contributed by atoms with Gasteiger partial charge in [0.15, 0.2) is 0 Å². The Morgan fingerprint density at radius 3 is 2.09 bits per heavy atom. The number of nitrogens with two attached hydrogens (primary N) is 1. The lowest BCUT2D eigenvalue weighted by Crippen LogP contribution is -2.25. The fraction of sp³-hybridized carbons (Fsp3) is 0.536. The molecule has 2 rings (SSSR count). The van der Waals surface area contributed by atoms with Crippen molar-refractivity contribution in [1.29, 1.82) is 0 Å². The van der Waals surface area contributed by atoms with Gasteiger partial charge in [0.05, 0.1) is 10.9 Å². The molecule has 1 aromatic carbocycles. The number of carbonyl (C=O) groups is 1. The third-order valence-electron chi connectivity index (χ3n) is 4.22. The van der Waals surface area contributed by atoms with E-state index in [2.05, 4.69) is 53.8 Å². The second-order valence-electron chi connectivity index (χ2n) is 7.33. The molecule has 0 atom stereocenters. The highest BCUT2D eigenvalue weighted by Crippen LogP contribution is 2.25. The predicted octanol–water partition coefficient (Wildman–Crippen LogP) is 6.67. The Morgan fingerprint density at radius 1 is 1.09 bits per heavy atom. The van der Waals surface area contributed by atoms with Crippen LogP contribution in [0.3, 0.4) is 0 Å². The SMILES string of the molecule is C=C.C=C(C)CC.CCCC(=O)NCC.CCCN(CC)c1ncnc2cccc(F)c12.CCN. The van der Waals surface area contributed by atoms with Crippen molar-refractivity contribution in [3.63, 3.8) is 0 Å². The van der Waals surface area contributed by atoms with Gasteiger partial charge < -0.3 is 16.0 Å². The number of rotatable bonds is 8. The van der Waals surface area contributed by atoms with Crippen molar-refractivity contribution in [2.24, 2.45) is 5.73 Å². The van der Waals surface area contributed by atoms with Crippen molar-refractivity contribution in [2.75, 3.05) is 31.1 Å². The fourth-order valence-electron chi connectivity index (χ4n) is 2.49. The van der Waals surface area contributed by atoms with Crippen LogP contribution < -0.4 is 16.0 Å². The average molecular weight is 492 g/mol. The first-order chi connectivity index (χ1) is 16.8. The Morgan fingerprint density at radius 2 is 1.66 bits per heavy atom. The van der Waals surface area contributed by atoms with Crippen molar-refractivity contribution in [1.82, 2.24) is 15.3 Å². The third-order valence-corrected chi connectivity index (χ3v) is 4.22. The number of benzene rings is 1. The van der Waals surface area contributed by atoms with E-state index in [1.807, 2.05) is 40.7 Å². The molecule has 0 saturated heterocycles. The molecule has 0 bridgehead atoms. The number of hydrogen-bond acceptors (Lipinski definition) is 5. The van der Waals surface area contributed by atoms with Gasteiger partial charge in [-0.1, -0.05) is 39.3 Å². The van der Waals surface area contributed by atoms with Crippen LogP contribution in [0, 0.1) is 5.82 Å². The Labute approximate surface area is 213 Å². The largest absolute Gasteiger partial charge is 0.356 e. The lowest BCUT2D eigenvalue weighted by atomic mass is 10.2. The van der Waals surface area contributed by atoms with Crippen LogP contribution in [0.5, 0.6) is 0 Å². The second kappa shape index (κ2) is 25.8. The summed E-state index contributed by atoms with van der Waals surface area (Å²) < 4.78 is 13.9. The molecule has 7 heteroatoms. The number of halogens is 1. The van der Waals surface area contributed by atoms with E-state index in [1.165, 1.54) is 18.0 Å². The first-order valence-electron chi connectivity index (χ1n) is 12.5. The first kappa shape index (κ1) is 36.8. The topological polar surface area (TPSA) is 84.1 Å². The molecule has 3 N–H and O–H groups in total. The van der Waals surface area contributed by atoms with Gasteiger partial charge in [0.2, 0.25) is 5.91 Å². The number of amides is 1. The van der Waals surface area contributed by atoms with Crippen LogP contribution in [-0.4, -0.2) is 42.1 Å². The van der Waals surface area contributed by atoms with E-state index in [0.29, 0.717) is 23.1 Å². The molecule has 2 aromatic rings. The molecule has 0 aliphatic rings. The summed E-state index contributed by atoms with van der Waals surface area (Å²) in [6.07, 6.45) is 5.21. The minimum absolute atomic E-state index is 0.162. The van der Waals surface area contributed by atoms with Gasteiger partial charge in [-0.2, -0.15) is 0 Å². The minimum Gasteiger partial charge on any atom is -0.356 e. The first-order valence-corrected chi connectivity index (χ1v) is 12.5. The zero-order valence-electron chi connectivity index (χ0n) is 23.3. The van der Waals surface area contributed by atoms with Crippen molar-refractivity contribution < 1.29 is 9.18 Å². The molecule has 0 radical (unpaired) electrons. The van der Waals surface area contributed by atoms with E-state index in [-0.39, 0.29) is 11.7 Å². The monoisotopic (exact) mass is 491 g/mol. The fourth-order valence-corrected chi connectivity index (χ4v) is 2.49. The Hall–Kier alpha value is -2.80. The van der Waals surface area contributed by atoms with Gasteiger partial charge in [0, 0.05) is 26.1 Å². The lowest BCUT2D eigenvalue weighted by Gasteiger charge is -2.22. The molecule has 0 unspecified atom stereocenters. The molecular formula is C28H50FN5O. The normalized spacial score (nSPS) is 8.94. The van der Waals surface area contributed by atoms with Gasteiger partial charge in [-0.25, -0.2) is 14.4 Å². The van der Waals surface area contributed by atoms with Gasteiger partial charge in [-0.15, -0.1) is 19.7 Å². The highest BCUT2D eigenvalue weighted by Gasteiger charge is 2.13. The Bertz CT molecular complexity index is 785. The van der Waals surface area contributed by atoms with Crippen LogP contribution in [0.4, 0.5) is 10.2 Å². The molecule has 0 fully saturated rings. The van der Waals surface area contributed by atoms with Crippen LogP contribution >= 0.6 is 0 Å². The number of hydrogen-bond donors (Lipinski definition) is 2. The van der Waals surface area contributed by atoms with E-state index in [4.69, 9.17) is 5.73 Å². The number of nitrogens with one attached hydrogen (secondary N) is 1. The average Bonchev–Trinajstić information content (AvgIpc) is 2.85. The second-order valence-corrected chi connectivity index (χ2v) is 7.33. The van der Waals surface area contributed by atoms with Crippen LogP contribution in [0.2, 0.25) is 0 Å². The van der Waals surface area contributed by atoms with Gasteiger partial charge in [0.1, 0.15) is 18.0 Å². The van der Waals surface area contributed by atoms with Crippen LogP contribution in [-0.2, 0) is 4.79 Å². The lowest BCUT2D eigenvalue weighted by molar-refractivity contribution is -0.121. The molecule has 0 spiro atoms. The van der Waals surface area contributed by atoms with E-state index in [1.54, 1.807) is 6.07 Å². The molecule has 0 saturated carbocycles. The van der Waals surface area contributed by atoms with E-state index in [9.17, 15) is 9.18 Å². The summed E-state index contributed by atoms with van der Waals surface area (Å²) in [5, 5.41) is 3.23. The summed E-state index contributed by atoms with van der Waals surface area (Å²) in [4.78, 5) is 20.9. The molecule has 6 nitrogen and oxygen atoms in total. The molecule has 1 amide bonds. The number of anilines is 1. The maximum atomic E-state index is 13.9. The smallest absolute Gasteiger partial charge is 0.219 e. The molecule has 35 heavy (non-hydrogen) atoms. The van der Waals surface area contributed by atoms with Crippen LogP contribution in [0.15, 0.2) is 49.8 Å².